The van der Waals surface area contributed by atoms with Crippen molar-refractivity contribution >= 4 is 28.7 Å². The Bertz CT molecular complexity index is 960. The molecule has 1 atom stereocenters. The van der Waals surface area contributed by atoms with E-state index in [0.29, 0.717) is 12.3 Å². The van der Waals surface area contributed by atoms with Gasteiger partial charge in [0.1, 0.15) is 11.0 Å². The highest BCUT2D eigenvalue weighted by atomic mass is 32.1. The fraction of sp³-hybridized carbons (Fsp3) is 0.478. The predicted molar refractivity (Wildman–Crippen MR) is 120 cm³/mol. The van der Waals surface area contributed by atoms with Gasteiger partial charge < -0.3 is 4.90 Å². The third-order valence-electron chi connectivity index (χ3n) is 5.95. The molecule has 0 bridgehead atoms. The van der Waals surface area contributed by atoms with Gasteiger partial charge in [0.15, 0.2) is 0 Å². The Labute approximate surface area is 182 Å². The normalized spacial score (nSPS) is 17.3. The van der Waals surface area contributed by atoms with Gasteiger partial charge in [-0.25, -0.2) is 0 Å². The minimum Gasteiger partial charge on any atom is -0.345 e. The van der Waals surface area contributed by atoms with Gasteiger partial charge in [-0.1, -0.05) is 12.1 Å². The Morgan fingerprint density at radius 2 is 2.13 bits per heavy atom. The van der Waals surface area contributed by atoms with Crippen LogP contribution in [0.4, 0.5) is 0 Å². The van der Waals surface area contributed by atoms with Crippen LogP contribution in [0.15, 0.2) is 42.6 Å². The average Bonchev–Trinajstić information content (AvgIpc) is 3.25. The van der Waals surface area contributed by atoms with E-state index in [0.717, 1.165) is 55.7 Å². The van der Waals surface area contributed by atoms with Crippen LogP contribution in [0.5, 0.6) is 0 Å². The van der Waals surface area contributed by atoms with Crippen molar-refractivity contribution in [2.24, 2.45) is 5.92 Å². The lowest BCUT2D eigenvalue weighted by molar-refractivity contribution is -0.130. The molecule has 0 N–H and O–H groups in total. The van der Waals surface area contributed by atoms with Gasteiger partial charge in [0.25, 0.3) is 0 Å². The molecule has 158 valence electrons. The summed E-state index contributed by atoms with van der Waals surface area (Å²) in [4.78, 5) is 21.3. The number of benzene rings is 1. The third kappa shape index (κ3) is 5.61. The van der Waals surface area contributed by atoms with Gasteiger partial charge >= 0.3 is 0 Å². The Balaban J connectivity index is 1.22. The summed E-state index contributed by atoms with van der Waals surface area (Å²) >= 11 is 1.27. The molecule has 7 heteroatoms. The van der Waals surface area contributed by atoms with Gasteiger partial charge in [-0.15, -0.1) is 0 Å². The smallest absolute Gasteiger partial charge is 0.222 e. The molecule has 1 fully saturated rings. The van der Waals surface area contributed by atoms with Gasteiger partial charge in [0.05, 0.1) is 11.7 Å². The number of hydrogen-bond donors (Lipinski definition) is 0. The van der Waals surface area contributed by atoms with Crippen LogP contribution in [-0.2, 0) is 17.8 Å². The van der Waals surface area contributed by atoms with Crippen molar-refractivity contribution in [1.82, 2.24) is 23.5 Å². The number of piperidine rings is 1. The molecule has 1 unspecified atom stereocenters. The number of amides is 1. The van der Waals surface area contributed by atoms with E-state index in [2.05, 4.69) is 36.8 Å². The summed E-state index contributed by atoms with van der Waals surface area (Å²) in [6.07, 6.45) is 6.63. The van der Waals surface area contributed by atoms with E-state index in [4.69, 9.17) is 0 Å². The molecule has 3 heterocycles. The number of aromatic nitrogens is 3. The van der Waals surface area contributed by atoms with E-state index in [1.165, 1.54) is 30.1 Å². The first kappa shape index (κ1) is 20.9. The summed E-state index contributed by atoms with van der Waals surface area (Å²) in [6, 6.07) is 12.3. The molecule has 1 aliphatic rings. The van der Waals surface area contributed by atoms with E-state index >= 15 is 0 Å². The lowest BCUT2D eigenvalue weighted by Crippen LogP contribution is -2.36. The van der Waals surface area contributed by atoms with Crippen LogP contribution in [0.3, 0.4) is 0 Å². The monoisotopic (exact) mass is 423 g/mol. The van der Waals surface area contributed by atoms with Gasteiger partial charge in [0.2, 0.25) is 5.91 Å². The Kier molecular flexibility index (Phi) is 7.02. The quantitative estimate of drug-likeness (QED) is 0.552. The summed E-state index contributed by atoms with van der Waals surface area (Å²) in [5.74, 6) is 0.834. The van der Waals surface area contributed by atoms with Crippen molar-refractivity contribution in [3.8, 4) is 0 Å². The van der Waals surface area contributed by atoms with Gasteiger partial charge in [-0.3, -0.25) is 14.7 Å². The number of pyridine rings is 1. The van der Waals surface area contributed by atoms with E-state index in [-0.39, 0.29) is 5.91 Å². The number of rotatable bonds is 8. The molecule has 4 rings (SSSR count). The third-order valence-corrected chi connectivity index (χ3v) is 6.51. The van der Waals surface area contributed by atoms with Gasteiger partial charge in [-0.2, -0.15) is 8.75 Å². The lowest BCUT2D eigenvalue weighted by Gasteiger charge is -2.33. The zero-order chi connectivity index (χ0) is 20.8. The SMILES string of the molecule is CN(CCc1ccccn1)C(=O)CCC1CCCN(Cc2ccc3nsnc3c2)C1. The van der Waals surface area contributed by atoms with Crippen LogP contribution in [0.1, 0.15) is 36.9 Å². The van der Waals surface area contributed by atoms with E-state index in [1.807, 2.05) is 30.1 Å². The predicted octanol–water partition coefficient (Wildman–Crippen LogP) is 3.78. The van der Waals surface area contributed by atoms with E-state index in [9.17, 15) is 4.79 Å². The van der Waals surface area contributed by atoms with E-state index < -0.39 is 0 Å². The fourth-order valence-electron chi connectivity index (χ4n) is 4.19. The van der Waals surface area contributed by atoms with E-state index in [1.54, 1.807) is 6.20 Å². The molecule has 3 aromatic rings. The van der Waals surface area contributed by atoms with Crippen molar-refractivity contribution in [3.05, 3.63) is 53.9 Å². The van der Waals surface area contributed by atoms with Crippen LogP contribution in [0.2, 0.25) is 0 Å². The number of nitrogens with zero attached hydrogens (tertiary/aromatic N) is 5. The zero-order valence-corrected chi connectivity index (χ0v) is 18.4. The summed E-state index contributed by atoms with van der Waals surface area (Å²) in [7, 11) is 1.90. The molecular weight excluding hydrogens is 394 g/mol. The fourth-order valence-corrected chi connectivity index (χ4v) is 4.70. The van der Waals surface area contributed by atoms with Crippen LogP contribution in [0, 0.1) is 5.92 Å². The summed E-state index contributed by atoms with van der Waals surface area (Å²) in [5.41, 5.74) is 4.30. The number of carbonyl (C=O) groups excluding carboxylic acids is 1. The molecule has 6 nitrogen and oxygen atoms in total. The van der Waals surface area contributed by atoms with Crippen LogP contribution < -0.4 is 0 Å². The molecule has 0 aliphatic carbocycles. The highest BCUT2D eigenvalue weighted by Gasteiger charge is 2.21. The Morgan fingerprint density at radius 1 is 1.23 bits per heavy atom. The first-order chi connectivity index (χ1) is 14.7. The second-order valence-corrected chi connectivity index (χ2v) is 8.78. The topological polar surface area (TPSA) is 62.2 Å². The summed E-state index contributed by atoms with van der Waals surface area (Å²) < 4.78 is 8.63. The molecule has 1 amide bonds. The van der Waals surface area contributed by atoms with Crippen molar-refractivity contribution in [3.63, 3.8) is 0 Å². The van der Waals surface area contributed by atoms with Crippen molar-refractivity contribution in [1.29, 1.82) is 0 Å². The second-order valence-electron chi connectivity index (χ2n) is 8.26. The van der Waals surface area contributed by atoms with Gasteiger partial charge in [-0.05, 0) is 61.6 Å². The Hall–Kier alpha value is -2.38. The summed E-state index contributed by atoms with van der Waals surface area (Å²) in [6.45, 7) is 3.86. The molecule has 0 saturated carbocycles. The number of likely N-dealkylation sites (N-methyl/N-ethyl adjacent to an activating group) is 1. The molecule has 2 aromatic heterocycles. The zero-order valence-electron chi connectivity index (χ0n) is 17.5. The summed E-state index contributed by atoms with van der Waals surface area (Å²) in [5, 5.41) is 0. The molecular formula is C23H29N5OS. The lowest BCUT2D eigenvalue weighted by atomic mass is 9.93. The standard InChI is InChI=1S/C23H29N5OS/c1-27(14-11-20-6-2-3-12-24-20)23(29)10-8-18-5-4-13-28(16-18)17-19-7-9-21-22(15-19)26-30-25-21/h2-3,6-7,9,12,15,18H,4-5,8,10-11,13-14,16-17H2,1H3. The van der Waals surface area contributed by atoms with Gasteiger partial charge in [0, 0.05) is 51.4 Å². The number of hydrogen-bond acceptors (Lipinski definition) is 6. The number of carbonyl (C=O) groups is 1. The van der Waals surface area contributed by atoms with Crippen LogP contribution >= 0.6 is 11.7 Å². The van der Waals surface area contributed by atoms with Crippen molar-refractivity contribution in [2.45, 2.75) is 38.6 Å². The molecule has 1 saturated heterocycles. The maximum atomic E-state index is 12.6. The second kappa shape index (κ2) is 10.1. The van der Waals surface area contributed by atoms with Crippen molar-refractivity contribution < 1.29 is 4.79 Å². The maximum Gasteiger partial charge on any atom is 0.222 e. The first-order valence-electron chi connectivity index (χ1n) is 10.7. The first-order valence-corrected chi connectivity index (χ1v) is 11.5. The maximum absolute atomic E-state index is 12.6. The van der Waals surface area contributed by atoms with Crippen LogP contribution in [-0.4, -0.2) is 56.1 Å². The number of fused-ring (bicyclic) bond motifs is 1. The molecule has 0 radical (unpaired) electrons. The Morgan fingerprint density at radius 3 is 3.00 bits per heavy atom. The molecule has 30 heavy (non-hydrogen) atoms. The van der Waals surface area contributed by atoms with Crippen molar-refractivity contribution in [2.75, 3.05) is 26.7 Å². The minimum atomic E-state index is 0.240. The highest BCUT2D eigenvalue weighted by Crippen LogP contribution is 2.23. The number of likely N-dealkylation sites (tertiary alicyclic amines) is 1. The minimum absolute atomic E-state index is 0.240. The molecule has 1 aliphatic heterocycles. The molecule has 0 spiro atoms. The molecule has 1 aromatic carbocycles. The highest BCUT2D eigenvalue weighted by molar-refractivity contribution is 7.00. The average molecular weight is 424 g/mol. The largest absolute Gasteiger partial charge is 0.345 e. The van der Waals surface area contributed by atoms with Crippen LogP contribution in [0.25, 0.3) is 11.0 Å².